The first-order valence-corrected chi connectivity index (χ1v) is 3.79. The molecule has 1 rings (SSSR count). The number of hydrogen-bond acceptors (Lipinski definition) is 2. The standard InChI is InChI=1S/C7H16N2/c1-3-7-5-8-4-6(2)9-7/h6-9H,3-5H2,1-2H3/t6-,7+/m0/s1. The monoisotopic (exact) mass is 128 g/mol. The van der Waals surface area contributed by atoms with Crippen LogP contribution in [0.4, 0.5) is 0 Å². The summed E-state index contributed by atoms with van der Waals surface area (Å²) in [6.45, 7) is 6.70. The van der Waals surface area contributed by atoms with Crippen LogP contribution in [0.1, 0.15) is 20.3 Å². The van der Waals surface area contributed by atoms with E-state index in [2.05, 4.69) is 24.5 Å². The molecule has 1 aliphatic rings. The summed E-state index contributed by atoms with van der Waals surface area (Å²) in [5.74, 6) is 0. The molecule has 2 heteroatoms. The molecule has 2 atom stereocenters. The van der Waals surface area contributed by atoms with E-state index in [0.717, 1.165) is 13.1 Å². The quantitative estimate of drug-likeness (QED) is 0.532. The summed E-state index contributed by atoms with van der Waals surface area (Å²) >= 11 is 0. The minimum Gasteiger partial charge on any atom is -0.314 e. The first-order chi connectivity index (χ1) is 4.33. The molecule has 0 radical (unpaired) electrons. The minimum absolute atomic E-state index is 0.656. The Morgan fingerprint density at radius 2 is 2.22 bits per heavy atom. The molecule has 0 aromatic carbocycles. The van der Waals surface area contributed by atoms with Crippen molar-refractivity contribution in [3.63, 3.8) is 0 Å². The SMILES string of the molecule is CC[C@@H]1CNC[C@H](C)N1. The van der Waals surface area contributed by atoms with E-state index in [1.54, 1.807) is 0 Å². The summed E-state index contributed by atoms with van der Waals surface area (Å²) in [6, 6.07) is 1.36. The van der Waals surface area contributed by atoms with E-state index in [9.17, 15) is 0 Å². The number of hydrogen-bond donors (Lipinski definition) is 2. The molecule has 0 saturated carbocycles. The maximum absolute atomic E-state index is 3.50. The summed E-state index contributed by atoms with van der Waals surface area (Å²) in [4.78, 5) is 0. The maximum Gasteiger partial charge on any atom is 0.0192 e. The second-order valence-corrected chi connectivity index (χ2v) is 2.83. The summed E-state index contributed by atoms with van der Waals surface area (Å²) in [5, 5.41) is 6.88. The largest absolute Gasteiger partial charge is 0.314 e. The molecule has 1 saturated heterocycles. The van der Waals surface area contributed by atoms with Crippen molar-refractivity contribution in [3.8, 4) is 0 Å². The summed E-state index contributed by atoms with van der Waals surface area (Å²) in [5.41, 5.74) is 0. The van der Waals surface area contributed by atoms with Crippen LogP contribution < -0.4 is 10.6 Å². The second-order valence-electron chi connectivity index (χ2n) is 2.83. The first-order valence-electron chi connectivity index (χ1n) is 3.79. The molecule has 0 unspecified atom stereocenters. The molecule has 0 spiro atoms. The molecule has 0 bridgehead atoms. The van der Waals surface area contributed by atoms with Gasteiger partial charge in [-0.25, -0.2) is 0 Å². The predicted octanol–water partition coefficient (Wildman–Crippen LogP) is 0.346. The van der Waals surface area contributed by atoms with E-state index in [-0.39, 0.29) is 0 Å². The lowest BCUT2D eigenvalue weighted by Crippen LogP contribution is -2.53. The van der Waals surface area contributed by atoms with Crippen LogP contribution >= 0.6 is 0 Å². The molecule has 9 heavy (non-hydrogen) atoms. The fraction of sp³-hybridized carbons (Fsp3) is 1.00. The van der Waals surface area contributed by atoms with Gasteiger partial charge in [-0.3, -0.25) is 0 Å². The van der Waals surface area contributed by atoms with Gasteiger partial charge in [0.05, 0.1) is 0 Å². The highest BCUT2D eigenvalue weighted by atomic mass is 15.1. The molecular formula is C7H16N2. The van der Waals surface area contributed by atoms with Gasteiger partial charge in [0.15, 0.2) is 0 Å². The van der Waals surface area contributed by atoms with Crippen molar-refractivity contribution in [2.75, 3.05) is 13.1 Å². The summed E-state index contributed by atoms with van der Waals surface area (Å²) < 4.78 is 0. The van der Waals surface area contributed by atoms with Gasteiger partial charge in [-0.2, -0.15) is 0 Å². The van der Waals surface area contributed by atoms with Crippen molar-refractivity contribution in [1.82, 2.24) is 10.6 Å². The van der Waals surface area contributed by atoms with Gasteiger partial charge in [-0.1, -0.05) is 6.92 Å². The fourth-order valence-corrected chi connectivity index (χ4v) is 1.26. The smallest absolute Gasteiger partial charge is 0.0192 e. The van der Waals surface area contributed by atoms with Gasteiger partial charge in [0.25, 0.3) is 0 Å². The highest BCUT2D eigenvalue weighted by Gasteiger charge is 2.14. The average Bonchev–Trinajstić information content (AvgIpc) is 1.88. The molecule has 2 nitrogen and oxygen atoms in total. The average molecular weight is 128 g/mol. The van der Waals surface area contributed by atoms with Gasteiger partial charge in [0.2, 0.25) is 0 Å². The lowest BCUT2D eigenvalue weighted by molar-refractivity contribution is 0.347. The van der Waals surface area contributed by atoms with Gasteiger partial charge >= 0.3 is 0 Å². The Morgan fingerprint density at radius 1 is 1.44 bits per heavy atom. The van der Waals surface area contributed by atoms with Crippen LogP contribution in [0.2, 0.25) is 0 Å². The third-order valence-electron chi connectivity index (χ3n) is 1.85. The van der Waals surface area contributed by atoms with Crippen LogP contribution in [-0.2, 0) is 0 Å². The molecule has 0 aromatic rings. The van der Waals surface area contributed by atoms with Crippen molar-refractivity contribution in [3.05, 3.63) is 0 Å². The second kappa shape index (κ2) is 3.18. The Kier molecular flexibility index (Phi) is 2.49. The molecule has 2 N–H and O–H groups in total. The maximum atomic E-state index is 3.50. The van der Waals surface area contributed by atoms with Crippen LogP contribution in [0.25, 0.3) is 0 Å². The minimum atomic E-state index is 0.656. The van der Waals surface area contributed by atoms with E-state index >= 15 is 0 Å². The summed E-state index contributed by atoms with van der Waals surface area (Å²) in [6.07, 6.45) is 1.23. The third-order valence-corrected chi connectivity index (χ3v) is 1.85. The highest BCUT2D eigenvalue weighted by Crippen LogP contribution is 1.96. The molecule has 0 amide bonds. The van der Waals surface area contributed by atoms with Crippen LogP contribution in [0, 0.1) is 0 Å². The topological polar surface area (TPSA) is 24.1 Å². The first kappa shape index (κ1) is 7.03. The van der Waals surface area contributed by atoms with Crippen LogP contribution in [0.15, 0.2) is 0 Å². The van der Waals surface area contributed by atoms with Crippen LogP contribution in [0.3, 0.4) is 0 Å². The number of rotatable bonds is 1. The molecule has 1 fully saturated rings. The van der Waals surface area contributed by atoms with Crippen molar-refractivity contribution in [2.24, 2.45) is 0 Å². The third kappa shape index (κ3) is 1.95. The van der Waals surface area contributed by atoms with E-state index < -0.39 is 0 Å². The van der Waals surface area contributed by atoms with Gasteiger partial charge in [0, 0.05) is 25.2 Å². The molecule has 0 aliphatic carbocycles. The van der Waals surface area contributed by atoms with E-state index in [0.29, 0.717) is 12.1 Å². The Bertz CT molecular complexity index is 83.0. The molecule has 1 heterocycles. The van der Waals surface area contributed by atoms with Gasteiger partial charge in [-0.05, 0) is 13.3 Å². The van der Waals surface area contributed by atoms with Crippen molar-refractivity contribution in [1.29, 1.82) is 0 Å². The number of nitrogens with one attached hydrogen (secondary N) is 2. The van der Waals surface area contributed by atoms with E-state index in [1.165, 1.54) is 6.42 Å². The Morgan fingerprint density at radius 3 is 2.67 bits per heavy atom. The van der Waals surface area contributed by atoms with Gasteiger partial charge < -0.3 is 10.6 Å². The lowest BCUT2D eigenvalue weighted by Gasteiger charge is -2.28. The van der Waals surface area contributed by atoms with Crippen LogP contribution in [-0.4, -0.2) is 25.2 Å². The van der Waals surface area contributed by atoms with Gasteiger partial charge in [0.1, 0.15) is 0 Å². The zero-order valence-electron chi connectivity index (χ0n) is 6.28. The number of piperazine rings is 1. The lowest BCUT2D eigenvalue weighted by atomic mass is 10.1. The Hall–Kier alpha value is -0.0800. The molecule has 0 aromatic heterocycles. The zero-order chi connectivity index (χ0) is 6.69. The predicted molar refractivity (Wildman–Crippen MR) is 39.5 cm³/mol. The zero-order valence-corrected chi connectivity index (χ0v) is 6.28. The summed E-state index contributed by atoms with van der Waals surface area (Å²) in [7, 11) is 0. The van der Waals surface area contributed by atoms with Crippen molar-refractivity contribution in [2.45, 2.75) is 32.4 Å². The van der Waals surface area contributed by atoms with E-state index in [1.807, 2.05) is 0 Å². The molecular weight excluding hydrogens is 112 g/mol. The van der Waals surface area contributed by atoms with Crippen LogP contribution in [0.5, 0.6) is 0 Å². The molecule has 1 aliphatic heterocycles. The fourth-order valence-electron chi connectivity index (χ4n) is 1.26. The Balaban J connectivity index is 2.23. The van der Waals surface area contributed by atoms with E-state index in [4.69, 9.17) is 0 Å². The Labute approximate surface area is 57.0 Å². The van der Waals surface area contributed by atoms with Crippen molar-refractivity contribution < 1.29 is 0 Å². The molecule has 54 valence electrons. The van der Waals surface area contributed by atoms with Gasteiger partial charge in [-0.15, -0.1) is 0 Å². The normalized spacial score (nSPS) is 36.7. The highest BCUT2D eigenvalue weighted by molar-refractivity contribution is 4.79. The van der Waals surface area contributed by atoms with Crippen molar-refractivity contribution >= 4 is 0 Å².